The van der Waals surface area contributed by atoms with E-state index in [0.29, 0.717) is 41.5 Å². The molecule has 0 unspecified atom stereocenters. The summed E-state index contributed by atoms with van der Waals surface area (Å²) >= 11 is 7.91. The third-order valence-electron chi connectivity index (χ3n) is 6.59. The Bertz CT molecular complexity index is 1260. The van der Waals surface area contributed by atoms with Crippen molar-refractivity contribution in [2.24, 2.45) is 0 Å². The van der Waals surface area contributed by atoms with Crippen LogP contribution in [-0.2, 0) is 11.2 Å². The number of hydrogen-bond acceptors (Lipinski definition) is 7. The summed E-state index contributed by atoms with van der Waals surface area (Å²) in [6.07, 6.45) is -5.02. The number of carbonyl (C=O) groups excluding carboxylic acids is 1. The molecule has 9 heteroatoms. The molecule has 1 aliphatic rings. The van der Waals surface area contributed by atoms with Crippen LogP contribution in [0.2, 0.25) is 5.02 Å². The van der Waals surface area contributed by atoms with Gasteiger partial charge in [0.15, 0.2) is 0 Å². The Morgan fingerprint density at radius 1 is 1.00 bits per heavy atom. The van der Waals surface area contributed by atoms with Crippen LogP contribution in [0.4, 0.5) is 0 Å². The standard InChI is InChI=1S/C30H34ClNO6S/c1-3-32-30(36)20-6-5-7-23(16-20)39-17-25-26(33)27(34)28(35)29(38-25)19-10-13-24(31)21(15-19)14-18-8-11-22(12-9-18)37-4-2/h5-13,15-16,25-29,33-35H,3-4,14,17H2,1-2H3,(H,32,36)/t25-,26-,27+,28-,29+/m1/s1. The van der Waals surface area contributed by atoms with E-state index in [1.807, 2.05) is 50.2 Å². The van der Waals surface area contributed by atoms with Crippen LogP contribution in [0.5, 0.6) is 5.75 Å². The highest BCUT2D eigenvalue weighted by Crippen LogP contribution is 2.36. The first-order valence-corrected chi connectivity index (χ1v) is 14.4. The number of aliphatic hydroxyl groups is 3. The first kappa shape index (κ1) is 29.4. The summed E-state index contributed by atoms with van der Waals surface area (Å²) in [6.45, 7) is 4.93. The minimum Gasteiger partial charge on any atom is -0.494 e. The molecular weight excluding hydrogens is 538 g/mol. The number of aliphatic hydroxyl groups excluding tert-OH is 3. The van der Waals surface area contributed by atoms with Gasteiger partial charge < -0.3 is 30.1 Å². The normalized spacial score (nSPS) is 22.9. The lowest BCUT2D eigenvalue weighted by molar-refractivity contribution is -0.218. The molecule has 0 radical (unpaired) electrons. The van der Waals surface area contributed by atoms with E-state index >= 15 is 0 Å². The molecule has 4 N–H and O–H groups in total. The van der Waals surface area contributed by atoms with E-state index in [-0.39, 0.29) is 5.91 Å². The Kier molecular flexibility index (Phi) is 10.3. The fourth-order valence-corrected chi connectivity index (χ4v) is 5.73. The van der Waals surface area contributed by atoms with Gasteiger partial charge in [0.25, 0.3) is 5.91 Å². The molecule has 1 saturated heterocycles. The van der Waals surface area contributed by atoms with Crippen LogP contribution >= 0.6 is 23.4 Å². The molecule has 5 atom stereocenters. The van der Waals surface area contributed by atoms with Gasteiger partial charge in [-0.2, -0.15) is 0 Å². The average molecular weight is 572 g/mol. The third-order valence-corrected chi connectivity index (χ3v) is 8.04. The molecule has 4 rings (SSSR count). The van der Waals surface area contributed by atoms with E-state index < -0.39 is 30.5 Å². The van der Waals surface area contributed by atoms with E-state index in [0.717, 1.165) is 21.8 Å². The maximum absolute atomic E-state index is 12.2. The third kappa shape index (κ3) is 7.33. The summed E-state index contributed by atoms with van der Waals surface area (Å²) in [5, 5.41) is 35.5. The summed E-state index contributed by atoms with van der Waals surface area (Å²) in [4.78, 5) is 13.0. The zero-order valence-electron chi connectivity index (χ0n) is 21.9. The average Bonchev–Trinajstić information content (AvgIpc) is 2.94. The maximum atomic E-state index is 12.2. The minimum atomic E-state index is -1.39. The fourth-order valence-electron chi connectivity index (χ4n) is 4.53. The van der Waals surface area contributed by atoms with E-state index in [1.165, 1.54) is 11.8 Å². The van der Waals surface area contributed by atoms with Crippen LogP contribution < -0.4 is 10.1 Å². The monoisotopic (exact) mass is 571 g/mol. The first-order chi connectivity index (χ1) is 18.8. The number of carbonyl (C=O) groups is 1. The van der Waals surface area contributed by atoms with E-state index in [2.05, 4.69) is 5.32 Å². The van der Waals surface area contributed by atoms with Crippen LogP contribution in [0, 0.1) is 0 Å². The van der Waals surface area contributed by atoms with Crippen LogP contribution in [0.1, 0.15) is 47.0 Å². The molecule has 39 heavy (non-hydrogen) atoms. The lowest BCUT2D eigenvalue weighted by Crippen LogP contribution is -2.54. The summed E-state index contributed by atoms with van der Waals surface area (Å²) in [7, 11) is 0. The number of hydrogen-bond donors (Lipinski definition) is 4. The molecule has 1 aliphatic heterocycles. The van der Waals surface area contributed by atoms with Crippen molar-refractivity contribution >= 4 is 29.3 Å². The van der Waals surface area contributed by atoms with Gasteiger partial charge in [0.1, 0.15) is 30.2 Å². The van der Waals surface area contributed by atoms with Crippen molar-refractivity contribution < 1.29 is 29.6 Å². The molecule has 0 spiro atoms. The summed E-state index contributed by atoms with van der Waals surface area (Å²) in [5.74, 6) is 0.955. The quantitative estimate of drug-likeness (QED) is 0.267. The minimum absolute atomic E-state index is 0.156. The SMILES string of the molecule is CCNC(=O)c1cccc(SC[C@H]2O[C@@H](c3ccc(Cl)c(Cc4ccc(OCC)cc4)c3)[C@H](O)[C@@H](O)[C@@H]2O)c1. The van der Waals surface area contributed by atoms with Crippen molar-refractivity contribution in [1.82, 2.24) is 5.32 Å². The van der Waals surface area contributed by atoms with Crippen molar-refractivity contribution in [2.45, 2.75) is 55.7 Å². The number of benzene rings is 3. The zero-order valence-corrected chi connectivity index (χ0v) is 23.5. The van der Waals surface area contributed by atoms with Gasteiger partial charge in [-0.25, -0.2) is 0 Å². The van der Waals surface area contributed by atoms with Crippen molar-refractivity contribution in [3.05, 3.63) is 94.0 Å². The number of rotatable bonds is 10. The second kappa shape index (κ2) is 13.7. The number of thioether (sulfide) groups is 1. The highest BCUT2D eigenvalue weighted by molar-refractivity contribution is 7.99. The number of amides is 1. The van der Waals surface area contributed by atoms with E-state index in [4.69, 9.17) is 21.1 Å². The van der Waals surface area contributed by atoms with Crippen LogP contribution in [0.3, 0.4) is 0 Å². The largest absolute Gasteiger partial charge is 0.494 e. The van der Waals surface area contributed by atoms with Gasteiger partial charge in [-0.05, 0) is 73.4 Å². The van der Waals surface area contributed by atoms with Crippen LogP contribution in [0.15, 0.2) is 71.6 Å². The lowest BCUT2D eigenvalue weighted by atomic mass is 9.90. The molecule has 0 bridgehead atoms. The van der Waals surface area contributed by atoms with Crippen LogP contribution in [0.25, 0.3) is 0 Å². The molecule has 0 aliphatic carbocycles. The van der Waals surface area contributed by atoms with Crippen molar-refractivity contribution in [2.75, 3.05) is 18.9 Å². The Morgan fingerprint density at radius 3 is 2.49 bits per heavy atom. The Morgan fingerprint density at radius 2 is 1.77 bits per heavy atom. The molecule has 1 fully saturated rings. The molecule has 1 amide bonds. The van der Waals surface area contributed by atoms with Gasteiger partial charge in [0.2, 0.25) is 0 Å². The molecule has 208 valence electrons. The topological polar surface area (TPSA) is 108 Å². The molecule has 3 aromatic carbocycles. The molecule has 7 nitrogen and oxygen atoms in total. The Labute approximate surface area is 238 Å². The van der Waals surface area contributed by atoms with Crippen molar-refractivity contribution in [1.29, 1.82) is 0 Å². The lowest BCUT2D eigenvalue weighted by Gasteiger charge is -2.41. The highest BCUT2D eigenvalue weighted by atomic mass is 35.5. The van der Waals surface area contributed by atoms with Gasteiger partial charge in [0, 0.05) is 27.8 Å². The molecule has 0 saturated carbocycles. The molecular formula is C30H34ClNO6S. The van der Waals surface area contributed by atoms with Gasteiger partial charge in [-0.1, -0.05) is 41.9 Å². The highest BCUT2D eigenvalue weighted by Gasteiger charge is 2.44. The van der Waals surface area contributed by atoms with Gasteiger partial charge in [0.05, 0.1) is 12.7 Å². The zero-order chi connectivity index (χ0) is 27.9. The predicted octanol–water partition coefficient (Wildman–Crippen LogP) is 4.39. The fraction of sp³-hybridized carbons (Fsp3) is 0.367. The van der Waals surface area contributed by atoms with Crippen LogP contribution in [-0.4, -0.2) is 64.5 Å². The summed E-state index contributed by atoms with van der Waals surface area (Å²) < 4.78 is 11.7. The Balaban J connectivity index is 1.48. The number of ether oxygens (including phenoxy) is 2. The number of halogens is 1. The predicted molar refractivity (Wildman–Crippen MR) is 153 cm³/mol. The molecule has 1 heterocycles. The van der Waals surface area contributed by atoms with E-state index in [9.17, 15) is 20.1 Å². The summed E-state index contributed by atoms with van der Waals surface area (Å²) in [5.41, 5.74) is 3.10. The number of nitrogens with one attached hydrogen (secondary N) is 1. The van der Waals surface area contributed by atoms with Crippen molar-refractivity contribution in [3.8, 4) is 5.75 Å². The van der Waals surface area contributed by atoms with E-state index in [1.54, 1.807) is 30.3 Å². The maximum Gasteiger partial charge on any atom is 0.251 e. The molecule has 0 aromatic heterocycles. The van der Waals surface area contributed by atoms with Gasteiger partial charge >= 0.3 is 0 Å². The second-order valence-electron chi connectivity index (χ2n) is 9.37. The molecule has 3 aromatic rings. The summed E-state index contributed by atoms with van der Waals surface area (Å²) in [6, 6.07) is 20.4. The van der Waals surface area contributed by atoms with Gasteiger partial charge in [-0.3, -0.25) is 4.79 Å². The van der Waals surface area contributed by atoms with Gasteiger partial charge in [-0.15, -0.1) is 11.8 Å². The second-order valence-corrected chi connectivity index (χ2v) is 10.9. The first-order valence-electron chi connectivity index (χ1n) is 13.0. The smallest absolute Gasteiger partial charge is 0.251 e. The Hall–Kier alpha value is -2.59. The van der Waals surface area contributed by atoms with Crippen molar-refractivity contribution in [3.63, 3.8) is 0 Å².